The predicted octanol–water partition coefficient (Wildman–Crippen LogP) is 2.54. The van der Waals surface area contributed by atoms with E-state index in [0.717, 1.165) is 12.8 Å². The molecular weight excluding hydrogens is 397 g/mol. The Morgan fingerprint density at radius 3 is 1.37 bits per heavy atom. The van der Waals surface area contributed by atoms with E-state index in [0.29, 0.717) is 0 Å². The summed E-state index contributed by atoms with van der Waals surface area (Å²) in [6, 6.07) is -1.21. The van der Waals surface area contributed by atoms with Crippen molar-refractivity contribution in [2.24, 2.45) is 5.73 Å². The van der Waals surface area contributed by atoms with E-state index in [4.69, 9.17) is 5.73 Å². The zero-order valence-electron chi connectivity index (χ0n) is 19.0. The zero-order valence-corrected chi connectivity index (χ0v) is 20.2. The topological polar surface area (TPSA) is 123 Å². The van der Waals surface area contributed by atoms with Gasteiger partial charge in [0.1, 0.15) is 0 Å². The van der Waals surface area contributed by atoms with Crippen LogP contribution in [0.15, 0.2) is 0 Å². The van der Waals surface area contributed by atoms with E-state index in [9.17, 15) is 24.6 Å². The number of hydrogen-bond acceptors (Lipinski definition) is 6. The number of unbranched alkanes of at least 4 members (excludes halogenated alkanes) is 14. The molecular formula is C23H42AlNO5. The molecule has 0 spiro atoms. The number of carbonyl (C=O) groups excluding carboxylic acids is 3. The maximum atomic E-state index is 10.7. The Labute approximate surface area is 191 Å². The third kappa shape index (κ3) is 29.3. The SMILES string of the molecule is CCCCCCCCCCCCCCCCC[C](=O)[Al+2].NC(CCC(=O)[O-])C(=O)[O-]. The van der Waals surface area contributed by atoms with Crippen molar-refractivity contribution < 1.29 is 24.6 Å². The third-order valence-electron chi connectivity index (χ3n) is 4.99. The molecule has 0 aliphatic heterocycles. The van der Waals surface area contributed by atoms with Gasteiger partial charge in [0, 0.05) is 12.0 Å². The van der Waals surface area contributed by atoms with Gasteiger partial charge in [-0.15, -0.1) is 0 Å². The average molecular weight is 440 g/mol. The van der Waals surface area contributed by atoms with Gasteiger partial charge in [-0.1, -0.05) is 39.0 Å². The molecule has 0 aromatic heterocycles. The van der Waals surface area contributed by atoms with Gasteiger partial charge in [0.2, 0.25) is 0 Å². The minimum atomic E-state index is -1.44. The summed E-state index contributed by atoms with van der Waals surface area (Å²) in [7, 11) is 0. The maximum absolute atomic E-state index is 10.7. The first-order chi connectivity index (χ1) is 14.3. The van der Waals surface area contributed by atoms with Crippen molar-refractivity contribution >= 4 is 32.9 Å². The number of aliphatic carboxylic acids is 2. The van der Waals surface area contributed by atoms with E-state index in [2.05, 4.69) is 23.2 Å². The van der Waals surface area contributed by atoms with Gasteiger partial charge in [-0.3, -0.25) is 0 Å². The van der Waals surface area contributed by atoms with Crippen LogP contribution in [0.5, 0.6) is 0 Å². The van der Waals surface area contributed by atoms with E-state index >= 15 is 0 Å². The largest absolute Gasteiger partial charge is 0.550 e. The van der Waals surface area contributed by atoms with Gasteiger partial charge in [-0.25, -0.2) is 0 Å². The van der Waals surface area contributed by atoms with Crippen LogP contribution in [0.4, 0.5) is 0 Å². The van der Waals surface area contributed by atoms with Crippen LogP contribution < -0.4 is 15.9 Å². The van der Waals surface area contributed by atoms with Crippen LogP contribution in [0.1, 0.15) is 122 Å². The molecule has 0 heterocycles. The summed E-state index contributed by atoms with van der Waals surface area (Å²) in [4.78, 5) is 30.3. The minimum absolute atomic E-state index is 0.148. The Morgan fingerprint density at radius 1 is 0.700 bits per heavy atom. The van der Waals surface area contributed by atoms with Crippen LogP contribution >= 0.6 is 0 Å². The molecule has 1 unspecified atom stereocenters. The van der Waals surface area contributed by atoms with Crippen molar-refractivity contribution in [3.05, 3.63) is 0 Å². The fraction of sp³-hybridized carbons (Fsp3) is 0.870. The molecule has 2 N–H and O–H groups in total. The molecule has 0 saturated carbocycles. The summed E-state index contributed by atoms with van der Waals surface area (Å²) in [5.74, 6) is -2.75. The third-order valence-corrected chi connectivity index (χ3v) is 5.28. The van der Waals surface area contributed by atoms with Gasteiger partial charge in [0.05, 0.1) is 5.97 Å². The normalized spacial score (nSPS) is 11.5. The van der Waals surface area contributed by atoms with Crippen molar-refractivity contribution in [1.29, 1.82) is 0 Å². The van der Waals surface area contributed by atoms with E-state index < -0.39 is 18.0 Å². The number of nitrogens with two attached hydrogens (primary N) is 1. The molecule has 0 aliphatic carbocycles. The molecule has 0 aromatic carbocycles. The van der Waals surface area contributed by atoms with Crippen molar-refractivity contribution in [3.63, 3.8) is 0 Å². The second-order valence-electron chi connectivity index (χ2n) is 8.00. The Bertz CT molecular complexity index is 432. The number of hydrogen-bond donors (Lipinski definition) is 1. The average Bonchev–Trinajstić information content (AvgIpc) is 2.69. The van der Waals surface area contributed by atoms with Crippen molar-refractivity contribution in [2.45, 2.75) is 129 Å². The smallest absolute Gasteiger partial charge is 0.0582 e. The predicted molar refractivity (Wildman–Crippen MR) is 118 cm³/mol. The Balaban J connectivity index is 0. The zero-order chi connectivity index (χ0) is 23.0. The number of rotatable bonds is 20. The second-order valence-corrected chi connectivity index (χ2v) is 8.65. The van der Waals surface area contributed by atoms with E-state index in [-0.39, 0.29) is 17.5 Å². The van der Waals surface area contributed by atoms with E-state index in [1.54, 1.807) is 0 Å². The molecule has 0 fully saturated rings. The van der Waals surface area contributed by atoms with Crippen molar-refractivity contribution in [2.75, 3.05) is 0 Å². The molecule has 30 heavy (non-hydrogen) atoms. The summed E-state index contributed by atoms with van der Waals surface area (Å²) >= 11 is 2.27. The van der Waals surface area contributed by atoms with Gasteiger partial charge >= 0.3 is 96.4 Å². The summed E-state index contributed by atoms with van der Waals surface area (Å²) in [6.45, 7) is 2.28. The molecule has 0 aliphatic rings. The summed E-state index contributed by atoms with van der Waals surface area (Å²) < 4.78 is 0.264. The monoisotopic (exact) mass is 439 g/mol. The van der Waals surface area contributed by atoms with Gasteiger partial charge in [-0.2, -0.15) is 0 Å². The van der Waals surface area contributed by atoms with Gasteiger partial charge in [0.15, 0.2) is 0 Å². The van der Waals surface area contributed by atoms with E-state index in [1.807, 2.05) is 0 Å². The first-order valence-corrected chi connectivity index (χ1v) is 12.3. The molecule has 7 heteroatoms. The quantitative estimate of drug-likeness (QED) is 0.230. The molecule has 0 rings (SSSR count). The van der Waals surface area contributed by atoms with E-state index in [1.165, 1.54) is 89.9 Å². The van der Waals surface area contributed by atoms with Crippen LogP contribution in [-0.4, -0.2) is 38.9 Å². The van der Waals surface area contributed by atoms with Crippen LogP contribution in [0.25, 0.3) is 0 Å². The summed E-state index contributed by atoms with van der Waals surface area (Å²) in [6.07, 6.45) is 20.9. The molecule has 0 amide bonds. The number of carboxylic acids is 2. The molecule has 0 radical (unpaired) electrons. The molecule has 1 atom stereocenters. The minimum Gasteiger partial charge on any atom is -0.550 e. The maximum Gasteiger partial charge on any atom is 0.0582 e. The first kappa shape index (κ1) is 31.3. The van der Waals surface area contributed by atoms with Crippen LogP contribution in [0, 0.1) is 0 Å². The number of carbonyl (C=O) groups is 3. The van der Waals surface area contributed by atoms with Crippen LogP contribution in [-0.2, 0) is 14.4 Å². The number of carboxylic acid groups (broad SMARTS) is 2. The van der Waals surface area contributed by atoms with Gasteiger partial charge in [0.25, 0.3) is 0 Å². The Kier molecular flexibility index (Phi) is 25.4. The van der Waals surface area contributed by atoms with Crippen molar-refractivity contribution in [1.82, 2.24) is 0 Å². The Hall–Kier alpha value is -0.898. The van der Waals surface area contributed by atoms with Crippen molar-refractivity contribution in [3.8, 4) is 0 Å². The molecule has 0 saturated heterocycles. The first-order valence-electron chi connectivity index (χ1n) is 11.8. The molecule has 172 valence electrons. The summed E-state index contributed by atoms with van der Waals surface area (Å²) in [5.41, 5.74) is 4.91. The second kappa shape index (κ2) is 24.4. The standard InChI is InChI=1S/C18H35O.C5H9NO4.Al/c1-2-3-4-5-6-7-8-9-10-11-12-13-14-15-16-17-18-19;6-3(5(9)10)1-2-4(7)8;/h2-17H2,1H3;3H,1-2,6H2,(H,7,8)(H,9,10);/q;;+2/p-2. The molecule has 6 nitrogen and oxygen atoms in total. The summed E-state index contributed by atoms with van der Waals surface area (Å²) in [5, 5.41) is 19.6. The van der Waals surface area contributed by atoms with Crippen LogP contribution in [0.3, 0.4) is 0 Å². The Morgan fingerprint density at radius 2 is 1.07 bits per heavy atom. The van der Waals surface area contributed by atoms with Crippen LogP contribution in [0.2, 0.25) is 0 Å². The van der Waals surface area contributed by atoms with Gasteiger partial charge < -0.3 is 25.5 Å². The fourth-order valence-electron chi connectivity index (χ4n) is 3.06. The van der Waals surface area contributed by atoms with Gasteiger partial charge in [-0.05, 0) is 12.8 Å². The molecule has 0 bridgehead atoms. The molecule has 0 aromatic rings. The fourth-order valence-corrected chi connectivity index (χ4v) is 3.27.